The molecule has 0 aliphatic rings. The number of halogens is 4. The monoisotopic (exact) mass is 686 g/mol. The molecule has 0 aliphatic carbocycles. The number of likely N-dealkylation sites (N-methyl/N-ethyl adjacent to an activating group) is 1. The highest BCUT2D eigenvalue weighted by Gasteiger charge is 2.20. The van der Waals surface area contributed by atoms with E-state index >= 15 is 0 Å². The van der Waals surface area contributed by atoms with E-state index in [9.17, 15) is 4.79 Å². The topological polar surface area (TPSA) is 43.8 Å². The van der Waals surface area contributed by atoms with Crippen molar-refractivity contribution in [3.63, 3.8) is 0 Å². The highest BCUT2D eigenvalue weighted by Crippen LogP contribution is 2.31. The summed E-state index contributed by atoms with van der Waals surface area (Å²) < 4.78 is 0. The van der Waals surface area contributed by atoms with Crippen molar-refractivity contribution < 1.29 is 9.90 Å². The second-order valence-corrected chi connectivity index (χ2v) is 12.9. The molecule has 0 aromatic heterocycles. The Kier molecular flexibility index (Phi) is 15.7. The smallest absolute Gasteiger partial charge is 0.223 e. The van der Waals surface area contributed by atoms with Gasteiger partial charge < -0.3 is 14.9 Å². The summed E-state index contributed by atoms with van der Waals surface area (Å²) in [6, 6.07) is 31.4. The Morgan fingerprint density at radius 2 is 0.956 bits per heavy atom. The first-order chi connectivity index (χ1) is 21.6. The fourth-order valence-corrected chi connectivity index (χ4v) is 5.66. The molecule has 4 nitrogen and oxygen atoms in total. The van der Waals surface area contributed by atoms with Crippen LogP contribution in [0.3, 0.4) is 0 Å². The van der Waals surface area contributed by atoms with Crippen LogP contribution < -0.4 is 0 Å². The fourth-order valence-electron chi connectivity index (χ4n) is 5.16. The van der Waals surface area contributed by atoms with Gasteiger partial charge in [-0.1, -0.05) is 102 Å². The van der Waals surface area contributed by atoms with Crippen molar-refractivity contribution in [3.05, 3.63) is 139 Å². The molecule has 0 saturated carbocycles. The summed E-state index contributed by atoms with van der Waals surface area (Å²) in [5.41, 5.74) is 4.64. The molecule has 0 saturated heterocycles. The van der Waals surface area contributed by atoms with Gasteiger partial charge in [0.2, 0.25) is 5.91 Å². The van der Waals surface area contributed by atoms with E-state index in [2.05, 4.69) is 36.1 Å². The van der Waals surface area contributed by atoms with Crippen LogP contribution in [0.5, 0.6) is 0 Å². The minimum absolute atomic E-state index is 0.00339. The first-order valence-corrected chi connectivity index (χ1v) is 16.7. The van der Waals surface area contributed by atoms with Crippen LogP contribution in [0.2, 0.25) is 20.1 Å². The minimum atomic E-state index is -0.00339. The highest BCUT2D eigenvalue weighted by molar-refractivity contribution is 6.31. The van der Waals surface area contributed by atoms with Gasteiger partial charge in [0, 0.05) is 58.5 Å². The number of carbonyl (C=O) groups excluding carboxylic acids is 1. The summed E-state index contributed by atoms with van der Waals surface area (Å²) >= 11 is 24.0. The maximum Gasteiger partial charge on any atom is 0.223 e. The third kappa shape index (κ3) is 12.3. The first kappa shape index (κ1) is 36.9. The molecule has 0 heterocycles. The van der Waals surface area contributed by atoms with Gasteiger partial charge in [-0.05, 0) is 97.2 Å². The van der Waals surface area contributed by atoms with E-state index in [1.54, 1.807) is 4.90 Å². The molecule has 0 spiro atoms. The summed E-state index contributed by atoms with van der Waals surface area (Å²) in [6.07, 6.45) is 2.36. The standard InChI is InChI=1S/C19H21Cl2NO.C18H21Cl2NO/c1-3-12-22(2)19(23)13-18(14-4-8-16(20)9-5-14)15-6-10-17(21)11-7-15;1-21(12-13-22)11-10-18(14-2-6-16(19)7-3-14)15-4-8-17(20)9-5-15/h4-11,18H,3,12-13H2,1-2H3;2-9,18,22H,10-13H2,1H3. The summed E-state index contributed by atoms with van der Waals surface area (Å²) in [5.74, 6) is 0.425. The predicted octanol–water partition coefficient (Wildman–Crippen LogP) is 9.82. The SMILES string of the molecule is CCCN(C)C(=O)CC(c1ccc(Cl)cc1)c1ccc(Cl)cc1.CN(CCO)CCC(c1ccc(Cl)cc1)c1ccc(Cl)cc1. The molecule has 0 radical (unpaired) electrons. The number of benzene rings is 4. The van der Waals surface area contributed by atoms with E-state index in [0.717, 1.165) is 47.1 Å². The molecule has 1 amide bonds. The zero-order chi connectivity index (χ0) is 32.8. The van der Waals surface area contributed by atoms with Gasteiger partial charge in [-0.25, -0.2) is 0 Å². The molecule has 1 N–H and O–H groups in total. The molecular weight excluding hydrogens is 646 g/mol. The number of carbonyl (C=O) groups is 1. The van der Waals surface area contributed by atoms with Gasteiger partial charge in [-0.2, -0.15) is 0 Å². The van der Waals surface area contributed by atoms with Crippen molar-refractivity contribution >= 4 is 52.3 Å². The third-order valence-electron chi connectivity index (χ3n) is 7.73. The van der Waals surface area contributed by atoms with E-state index in [1.165, 1.54) is 11.1 Å². The van der Waals surface area contributed by atoms with Crippen molar-refractivity contribution in [2.24, 2.45) is 0 Å². The molecule has 4 rings (SSSR count). The zero-order valence-corrected chi connectivity index (χ0v) is 29.1. The molecular formula is C37H42Cl4N2O2. The van der Waals surface area contributed by atoms with Gasteiger partial charge in [0.25, 0.3) is 0 Å². The number of hydrogen-bond acceptors (Lipinski definition) is 3. The number of nitrogens with zero attached hydrogens (tertiary/aromatic N) is 2. The molecule has 4 aromatic rings. The lowest BCUT2D eigenvalue weighted by molar-refractivity contribution is -0.130. The Balaban J connectivity index is 0.000000246. The normalized spacial score (nSPS) is 11.1. The second-order valence-electron chi connectivity index (χ2n) is 11.1. The predicted molar refractivity (Wildman–Crippen MR) is 191 cm³/mol. The van der Waals surface area contributed by atoms with Crippen LogP contribution in [0.25, 0.3) is 0 Å². The van der Waals surface area contributed by atoms with E-state index < -0.39 is 0 Å². The summed E-state index contributed by atoms with van der Waals surface area (Å²) in [5, 5.41) is 11.9. The van der Waals surface area contributed by atoms with E-state index in [-0.39, 0.29) is 24.3 Å². The molecule has 8 heteroatoms. The molecule has 0 aliphatic heterocycles. The van der Waals surface area contributed by atoms with Crippen LogP contribution in [-0.4, -0.2) is 61.2 Å². The fraction of sp³-hybridized carbons (Fsp3) is 0.324. The summed E-state index contributed by atoms with van der Waals surface area (Å²) in [6.45, 7) is 4.62. The van der Waals surface area contributed by atoms with Crippen LogP contribution in [0, 0.1) is 0 Å². The Labute approximate surface area is 288 Å². The number of amides is 1. The van der Waals surface area contributed by atoms with Gasteiger partial charge >= 0.3 is 0 Å². The van der Waals surface area contributed by atoms with Crippen molar-refractivity contribution in [1.29, 1.82) is 0 Å². The number of rotatable bonds is 13. The lowest BCUT2D eigenvalue weighted by Crippen LogP contribution is -2.28. The summed E-state index contributed by atoms with van der Waals surface area (Å²) in [7, 11) is 3.88. The van der Waals surface area contributed by atoms with Crippen LogP contribution >= 0.6 is 46.4 Å². The molecule has 0 atom stereocenters. The molecule has 45 heavy (non-hydrogen) atoms. The van der Waals surface area contributed by atoms with Crippen molar-refractivity contribution in [2.45, 2.75) is 38.0 Å². The number of aliphatic hydroxyl groups excluding tert-OH is 1. The third-order valence-corrected chi connectivity index (χ3v) is 8.74. The molecule has 4 aromatic carbocycles. The van der Waals surface area contributed by atoms with Gasteiger partial charge in [0.15, 0.2) is 0 Å². The van der Waals surface area contributed by atoms with Gasteiger partial charge in [0.05, 0.1) is 6.61 Å². The van der Waals surface area contributed by atoms with E-state index in [0.29, 0.717) is 23.0 Å². The Morgan fingerprint density at radius 1 is 0.600 bits per heavy atom. The van der Waals surface area contributed by atoms with Crippen molar-refractivity contribution in [3.8, 4) is 0 Å². The second kappa shape index (κ2) is 19.2. The lowest BCUT2D eigenvalue weighted by atomic mass is 9.88. The van der Waals surface area contributed by atoms with E-state index in [4.69, 9.17) is 51.5 Å². The maximum atomic E-state index is 12.5. The van der Waals surface area contributed by atoms with E-state index in [1.807, 2.05) is 86.9 Å². The van der Waals surface area contributed by atoms with Crippen LogP contribution in [0.4, 0.5) is 0 Å². The van der Waals surface area contributed by atoms with Gasteiger partial charge in [-0.15, -0.1) is 0 Å². The number of aliphatic hydroxyl groups is 1. The lowest BCUT2D eigenvalue weighted by Gasteiger charge is -2.22. The molecule has 0 fully saturated rings. The van der Waals surface area contributed by atoms with Crippen molar-refractivity contribution in [1.82, 2.24) is 9.80 Å². The quantitative estimate of drug-likeness (QED) is 0.152. The highest BCUT2D eigenvalue weighted by atomic mass is 35.5. The molecule has 0 unspecified atom stereocenters. The Bertz CT molecular complexity index is 1340. The largest absolute Gasteiger partial charge is 0.395 e. The number of hydrogen-bond donors (Lipinski definition) is 1. The van der Waals surface area contributed by atoms with Crippen molar-refractivity contribution in [2.75, 3.05) is 40.3 Å². The average molecular weight is 689 g/mol. The Hall–Kier alpha value is -2.57. The zero-order valence-electron chi connectivity index (χ0n) is 26.1. The Morgan fingerprint density at radius 3 is 1.29 bits per heavy atom. The molecule has 0 bridgehead atoms. The molecule has 240 valence electrons. The van der Waals surface area contributed by atoms with Gasteiger partial charge in [-0.3, -0.25) is 4.79 Å². The van der Waals surface area contributed by atoms with Crippen LogP contribution in [0.15, 0.2) is 97.1 Å². The first-order valence-electron chi connectivity index (χ1n) is 15.2. The summed E-state index contributed by atoms with van der Waals surface area (Å²) in [4.78, 5) is 16.4. The average Bonchev–Trinajstić information content (AvgIpc) is 3.03. The minimum Gasteiger partial charge on any atom is -0.395 e. The maximum absolute atomic E-state index is 12.5. The van der Waals surface area contributed by atoms with Gasteiger partial charge in [0.1, 0.15) is 0 Å². The van der Waals surface area contributed by atoms with Crippen LogP contribution in [-0.2, 0) is 4.79 Å². The van der Waals surface area contributed by atoms with Crippen LogP contribution in [0.1, 0.15) is 60.3 Å².